The Labute approximate surface area is 115 Å². The first-order valence-corrected chi connectivity index (χ1v) is 6.43. The van der Waals surface area contributed by atoms with Gasteiger partial charge in [-0.2, -0.15) is 4.98 Å². The highest BCUT2D eigenvalue weighted by Gasteiger charge is 2.10. The van der Waals surface area contributed by atoms with Crippen LogP contribution in [0.3, 0.4) is 0 Å². The summed E-state index contributed by atoms with van der Waals surface area (Å²) in [6.45, 7) is 6.63. The van der Waals surface area contributed by atoms with Crippen molar-refractivity contribution in [2.45, 2.75) is 13.5 Å². The molecule has 2 rings (SSSR count). The fourth-order valence-electron chi connectivity index (χ4n) is 1.61. The van der Waals surface area contributed by atoms with Gasteiger partial charge in [-0.15, -0.1) is 5.10 Å². The van der Waals surface area contributed by atoms with Crippen LogP contribution in [0.5, 0.6) is 0 Å². The van der Waals surface area contributed by atoms with Crippen LogP contribution in [-0.2, 0) is 6.54 Å². The van der Waals surface area contributed by atoms with Gasteiger partial charge < -0.3 is 5.32 Å². The summed E-state index contributed by atoms with van der Waals surface area (Å²) < 4.78 is 2.53. The highest BCUT2D eigenvalue weighted by Crippen LogP contribution is 2.15. The Morgan fingerprint density at radius 3 is 2.83 bits per heavy atom. The lowest BCUT2D eigenvalue weighted by atomic mass is 10.1. The Balaban J connectivity index is 2.27. The normalized spacial score (nSPS) is 10.4. The zero-order chi connectivity index (χ0) is 13.1. The SMILES string of the molecule is C=C(NC)c1nc(Br)n(Cc2ccccc2C)n1. The Hall–Kier alpha value is -1.62. The average Bonchev–Trinajstić information content (AvgIpc) is 2.73. The summed E-state index contributed by atoms with van der Waals surface area (Å²) in [5.74, 6) is 0.609. The summed E-state index contributed by atoms with van der Waals surface area (Å²) in [4.78, 5) is 4.31. The molecule has 0 aliphatic heterocycles. The fraction of sp³-hybridized carbons (Fsp3) is 0.231. The van der Waals surface area contributed by atoms with Crippen LogP contribution < -0.4 is 5.32 Å². The van der Waals surface area contributed by atoms with Crippen molar-refractivity contribution in [1.82, 2.24) is 20.1 Å². The van der Waals surface area contributed by atoms with Crippen molar-refractivity contribution in [2.75, 3.05) is 7.05 Å². The molecule has 0 saturated carbocycles. The molecule has 0 aliphatic rings. The summed E-state index contributed by atoms with van der Waals surface area (Å²) >= 11 is 3.42. The second-order valence-electron chi connectivity index (χ2n) is 4.02. The van der Waals surface area contributed by atoms with Gasteiger partial charge in [-0.1, -0.05) is 30.8 Å². The van der Waals surface area contributed by atoms with Crippen LogP contribution in [0.1, 0.15) is 17.0 Å². The molecular weight excluding hydrogens is 292 g/mol. The molecule has 0 amide bonds. The van der Waals surface area contributed by atoms with Gasteiger partial charge in [-0.3, -0.25) is 0 Å². The van der Waals surface area contributed by atoms with E-state index in [1.165, 1.54) is 11.1 Å². The van der Waals surface area contributed by atoms with Gasteiger partial charge in [-0.25, -0.2) is 4.68 Å². The molecule has 1 heterocycles. The van der Waals surface area contributed by atoms with Crippen molar-refractivity contribution in [2.24, 2.45) is 0 Å². The van der Waals surface area contributed by atoms with E-state index in [-0.39, 0.29) is 0 Å². The van der Waals surface area contributed by atoms with Crippen molar-refractivity contribution in [3.05, 3.63) is 52.5 Å². The first-order chi connectivity index (χ1) is 8.61. The first-order valence-electron chi connectivity index (χ1n) is 5.63. The fourth-order valence-corrected chi connectivity index (χ4v) is 1.98. The van der Waals surface area contributed by atoms with E-state index in [1.54, 1.807) is 7.05 Å². The van der Waals surface area contributed by atoms with Gasteiger partial charge in [0, 0.05) is 7.05 Å². The lowest BCUT2D eigenvalue weighted by Crippen LogP contribution is -2.07. The predicted octanol–water partition coefficient (Wildman–Crippen LogP) is 2.59. The molecule has 0 spiro atoms. The Morgan fingerprint density at radius 1 is 1.44 bits per heavy atom. The molecule has 0 fully saturated rings. The van der Waals surface area contributed by atoms with Gasteiger partial charge in [0.05, 0.1) is 12.2 Å². The molecule has 1 aromatic heterocycles. The highest BCUT2D eigenvalue weighted by molar-refractivity contribution is 9.10. The van der Waals surface area contributed by atoms with Crippen molar-refractivity contribution in [3.8, 4) is 0 Å². The number of aryl methyl sites for hydroxylation is 1. The van der Waals surface area contributed by atoms with Gasteiger partial charge >= 0.3 is 0 Å². The van der Waals surface area contributed by atoms with Gasteiger partial charge in [0.1, 0.15) is 0 Å². The van der Waals surface area contributed by atoms with E-state index >= 15 is 0 Å². The standard InChI is InChI=1S/C13H15BrN4/c1-9-6-4-5-7-11(9)8-18-13(14)16-12(17-18)10(2)15-3/h4-7,15H,2,8H2,1,3H3. The third-order valence-electron chi connectivity index (χ3n) is 2.78. The number of halogens is 1. The highest BCUT2D eigenvalue weighted by atomic mass is 79.9. The monoisotopic (exact) mass is 306 g/mol. The molecule has 1 aromatic carbocycles. The Bertz CT molecular complexity index is 574. The molecule has 4 nitrogen and oxygen atoms in total. The zero-order valence-electron chi connectivity index (χ0n) is 10.4. The maximum Gasteiger partial charge on any atom is 0.197 e. The quantitative estimate of drug-likeness (QED) is 0.944. The number of nitrogens with zero attached hydrogens (tertiary/aromatic N) is 3. The van der Waals surface area contributed by atoms with Crippen LogP contribution in [0, 0.1) is 6.92 Å². The number of hydrogen-bond acceptors (Lipinski definition) is 3. The lowest BCUT2D eigenvalue weighted by molar-refractivity contribution is 0.663. The number of aromatic nitrogens is 3. The third kappa shape index (κ3) is 2.61. The number of benzene rings is 1. The molecule has 94 valence electrons. The van der Waals surface area contributed by atoms with Crippen LogP contribution in [0.15, 0.2) is 35.6 Å². The Kier molecular flexibility index (Phi) is 3.81. The van der Waals surface area contributed by atoms with Gasteiger partial charge in [-0.05, 0) is 34.0 Å². The molecular formula is C13H15BrN4. The van der Waals surface area contributed by atoms with E-state index in [2.05, 4.69) is 57.0 Å². The minimum atomic E-state index is 0.609. The van der Waals surface area contributed by atoms with E-state index in [1.807, 2.05) is 16.8 Å². The van der Waals surface area contributed by atoms with E-state index < -0.39 is 0 Å². The molecule has 0 unspecified atom stereocenters. The van der Waals surface area contributed by atoms with Crippen LogP contribution in [0.4, 0.5) is 0 Å². The first kappa shape index (κ1) is 12.8. The molecule has 18 heavy (non-hydrogen) atoms. The summed E-state index contributed by atoms with van der Waals surface area (Å²) in [6, 6.07) is 8.24. The molecule has 2 aromatic rings. The van der Waals surface area contributed by atoms with Crippen molar-refractivity contribution < 1.29 is 0 Å². The van der Waals surface area contributed by atoms with E-state index in [0.29, 0.717) is 22.8 Å². The second-order valence-corrected chi connectivity index (χ2v) is 4.73. The summed E-state index contributed by atoms with van der Waals surface area (Å²) in [6.07, 6.45) is 0. The molecule has 0 atom stereocenters. The lowest BCUT2D eigenvalue weighted by Gasteiger charge is -2.05. The average molecular weight is 307 g/mol. The van der Waals surface area contributed by atoms with Crippen molar-refractivity contribution in [3.63, 3.8) is 0 Å². The molecule has 0 radical (unpaired) electrons. The number of hydrogen-bond donors (Lipinski definition) is 1. The van der Waals surface area contributed by atoms with Gasteiger partial charge in [0.25, 0.3) is 0 Å². The van der Waals surface area contributed by atoms with Crippen LogP contribution in [0.25, 0.3) is 5.70 Å². The molecule has 0 aliphatic carbocycles. The zero-order valence-corrected chi connectivity index (χ0v) is 12.0. The topological polar surface area (TPSA) is 42.7 Å². The maximum absolute atomic E-state index is 4.41. The summed E-state index contributed by atoms with van der Waals surface area (Å²) in [5, 5.41) is 7.36. The summed E-state index contributed by atoms with van der Waals surface area (Å²) in [5.41, 5.74) is 3.18. The smallest absolute Gasteiger partial charge is 0.197 e. The molecule has 1 N–H and O–H groups in total. The molecule has 5 heteroatoms. The van der Waals surface area contributed by atoms with Gasteiger partial charge in [0.15, 0.2) is 10.6 Å². The van der Waals surface area contributed by atoms with Crippen molar-refractivity contribution >= 4 is 21.6 Å². The largest absolute Gasteiger partial charge is 0.385 e. The number of nitrogens with one attached hydrogen (secondary N) is 1. The second kappa shape index (κ2) is 5.35. The van der Waals surface area contributed by atoms with Crippen LogP contribution >= 0.6 is 15.9 Å². The predicted molar refractivity (Wildman–Crippen MR) is 76.1 cm³/mol. The maximum atomic E-state index is 4.41. The van der Waals surface area contributed by atoms with Crippen LogP contribution in [-0.4, -0.2) is 21.8 Å². The van der Waals surface area contributed by atoms with E-state index in [0.717, 1.165) is 0 Å². The summed E-state index contributed by atoms with van der Waals surface area (Å²) in [7, 11) is 1.80. The minimum absolute atomic E-state index is 0.609. The van der Waals surface area contributed by atoms with Crippen LogP contribution in [0.2, 0.25) is 0 Å². The van der Waals surface area contributed by atoms with Crippen molar-refractivity contribution in [1.29, 1.82) is 0 Å². The number of rotatable bonds is 4. The molecule has 0 saturated heterocycles. The third-order valence-corrected chi connectivity index (χ3v) is 3.37. The van der Waals surface area contributed by atoms with Gasteiger partial charge in [0.2, 0.25) is 0 Å². The van der Waals surface area contributed by atoms with E-state index in [9.17, 15) is 0 Å². The minimum Gasteiger partial charge on any atom is -0.385 e. The molecule has 0 bridgehead atoms. The van der Waals surface area contributed by atoms with E-state index in [4.69, 9.17) is 0 Å². The Morgan fingerprint density at radius 2 is 2.17 bits per heavy atom.